The molecule has 0 unspecified atom stereocenters. The van der Waals surface area contributed by atoms with E-state index in [9.17, 15) is 0 Å². The van der Waals surface area contributed by atoms with Crippen LogP contribution in [0.15, 0.2) is 12.3 Å². The molecule has 0 spiro atoms. The van der Waals surface area contributed by atoms with Crippen molar-refractivity contribution in [2.75, 3.05) is 7.11 Å². The molecule has 12 heavy (non-hydrogen) atoms. The van der Waals surface area contributed by atoms with Gasteiger partial charge in [0, 0.05) is 17.5 Å². The van der Waals surface area contributed by atoms with E-state index in [-0.39, 0.29) is 0 Å². The third kappa shape index (κ3) is 1.54. The fourth-order valence-corrected chi connectivity index (χ4v) is 1.06. The second-order valence-corrected chi connectivity index (χ2v) is 2.41. The Morgan fingerprint density at radius 3 is 3.00 bits per heavy atom. The van der Waals surface area contributed by atoms with E-state index in [0.717, 1.165) is 17.0 Å². The van der Waals surface area contributed by atoms with Crippen LogP contribution in [0.25, 0.3) is 0 Å². The number of hydrogen-bond acceptors (Lipinski definition) is 3. The number of nitriles is 1. The van der Waals surface area contributed by atoms with Gasteiger partial charge < -0.3 is 4.74 Å². The van der Waals surface area contributed by atoms with Gasteiger partial charge in [0.1, 0.15) is 5.75 Å². The van der Waals surface area contributed by atoms with Crippen molar-refractivity contribution in [1.29, 1.82) is 5.26 Å². The fourth-order valence-electron chi connectivity index (χ4n) is 1.06. The zero-order chi connectivity index (χ0) is 8.97. The average molecular weight is 162 g/mol. The van der Waals surface area contributed by atoms with Crippen molar-refractivity contribution < 1.29 is 4.74 Å². The predicted octanol–water partition coefficient (Wildman–Crippen LogP) is 1.46. The quantitative estimate of drug-likeness (QED) is 0.661. The van der Waals surface area contributed by atoms with Crippen molar-refractivity contribution >= 4 is 0 Å². The molecule has 0 amide bonds. The second-order valence-electron chi connectivity index (χ2n) is 2.41. The van der Waals surface area contributed by atoms with Gasteiger partial charge in [-0.1, -0.05) is 0 Å². The van der Waals surface area contributed by atoms with Gasteiger partial charge in [0.2, 0.25) is 0 Å². The van der Waals surface area contributed by atoms with Crippen molar-refractivity contribution in [2.45, 2.75) is 13.3 Å². The molecule has 0 N–H and O–H groups in total. The molecule has 0 saturated heterocycles. The smallest absolute Gasteiger partial charge is 0.126 e. The van der Waals surface area contributed by atoms with E-state index in [0.29, 0.717) is 6.42 Å². The zero-order valence-corrected chi connectivity index (χ0v) is 7.16. The van der Waals surface area contributed by atoms with Crippen LogP contribution in [0.2, 0.25) is 0 Å². The maximum absolute atomic E-state index is 8.53. The number of hydrogen-bond donors (Lipinski definition) is 0. The summed E-state index contributed by atoms with van der Waals surface area (Å²) in [5, 5.41) is 8.53. The number of ether oxygens (including phenoxy) is 1. The molecule has 0 aliphatic heterocycles. The van der Waals surface area contributed by atoms with Crippen molar-refractivity contribution in [3.63, 3.8) is 0 Å². The summed E-state index contributed by atoms with van der Waals surface area (Å²) in [7, 11) is 1.59. The first kappa shape index (κ1) is 8.54. The summed E-state index contributed by atoms with van der Waals surface area (Å²) >= 11 is 0. The molecule has 0 aliphatic rings. The van der Waals surface area contributed by atoms with Gasteiger partial charge in [-0.3, -0.25) is 4.98 Å². The van der Waals surface area contributed by atoms with Crippen LogP contribution in [0.1, 0.15) is 11.3 Å². The number of pyridine rings is 1. The van der Waals surface area contributed by atoms with Gasteiger partial charge in [-0.2, -0.15) is 5.26 Å². The monoisotopic (exact) mass is 162 g/mol. The lowest BCUT2D eigenvalue weighted by Gasteiger charge is -2.06. The first-order valence-corrected chi connectivity index (χ1v) is 3.65. The number of rotatable bonds is 2. The number of nitrogens with zero attached hydrogens (tertiary/aromatic N) is 2. The Morgan fingerprint density at radius 1 is 1.67 bits per heavy atom. The van der Waals surface area contributed by atoms with Gasteiger partial charge in [0.15, 0.2) is 0 Å². The summed E-state index contributed by atoms with van der Waals surface area (Å²) < 4.78 is 5.09. The van der Waals surface area contributed by atoms with Gasteiger partial charge in [0.25, 0.3) is 0 Å². The van der Waals surface area contributed by atoms with Crippen LogP contribution in [0.5, 0.6) is 5.75 Å². The zero-order valence-electron chi connectivity index (χ0n) is 7.16. The lowest BCUT2D eigenvalue weighted by Crippen LogP contribution is -1.96. The molecule has 0 saturated carbocycles. The highest BCUT2D eigenvalue weighted by Crippen LogP contribution is 2.19. The average Bonchev–Trinajstić information content (AvgIpc) is 2.09. The Balaban J connectivity index is 3.12. The Morgan fingerprint density at radius 2 is 2.42 bits per heavy atom. The van der Waals surface area contributed by atoms with E-state index in [1.54, 1.807) is 19.4 Å². The van der Waals surface area contributed by atoms with Gasteiger partial charge in [-0.15, -0.1) is 0 Å². The second kappa shape index (κ2) is 3.72. The molecule has 0 aliphatic carbocycles. The van der Waals surface area contributed by atoms with E-state index in [1.807, 2.05) is 6.92 Å². The van der Waals surface area contributed by atoms with Crippen LogP contribution in [-0.2, 0) is 6.42 Å². The third-order valence-corrected chi connectivity index (χ3v) is 1.70. The Kier molecular flexibility index (Phi) is 2.65. The van der Waals surface area contributed by atoms with E-state index < -0.39 is 0 Å². The molecule has 3 heteroatoms. The van der Waals surface area contributed by atoms with Crippen LogP contribution < -0.4 is 4.74 Å². The lowest BCUT2D eigenvalue weighted by molar-refractivity contribution is 0.409. The largest absolute Gasteiger partial charge is 0.496 e. The van der Waals surface area contributed by atoms with Crippen LogP contribution >= 0.6 is 0 Å². The normalized spacial score (nSPS) is 9.08. The molecule has 0 radical (unpaired) electrons. The highest BCUT2D eigenvalue weighted by Gasteiger charge is 2.05. The molecular formula is C9H10N2O. The minimum absolute atomic E-state index is 0.350. The maximum Gasteiger partial charge on any atom is 0.126 e. The standard InChI is InChI=1S/C9H10N2O/c1-7-8(3-5-10)9(12-2)4-6-11-7/h4,6H,3H2,1-2H3. The first-order valence-electron chi connectivity index (χ1n) is 3.65. The SMILES string of the molecule is COc1ccnc(C)c1CC#N. The summed E-state index contributed by atoms with van der Waals surface area (Å²) in [6, 6.07) is 3.84. The van der Waals surface area contributed by atoms with E-state index in [1.165, 1.54) is 0 Å². The van der Waals surface area contributed by atoms with E-state index >= 15 is 0 Å². The summed E-state index contributed by atoms with van der Waals surface area (Å²) in [6.07, 6.45) is 2.03. The van der Waals surface area contributed by atoms with E-state index in [2.05, 4.69) is 11.1 Å². The molecule has 1 heterocycles. The molecule has 0 bridgehead atoms. The molecule has 0 fully saturated rings. The maximum atomic E-state index is 8.53. The van der Waals surface area contributed by atoms with Gasteiger partial charge in [-0.25, -0.2) is 0 Å². The minimum Gasteiger partial charge on any atom is -0.496 e. The molecule has 0 atom stereocenters. The van der Waals surface area contributed by atoms with Crippen LogP contribution in [0.4, 0.5) is 0 Å². The molecule has 3 nitrogen and oxygen atoms in total. The van der Waals surface area contributed by atoms with E-state index in [4.69, 9.17) is 10.00 Å². The van der Waals surface area contributed by atoms with Crippen LogP contribution in [0, 0.1) is 18.3 Å². The minimum atomic E-state index is 0.350. The Bertz CT molecular complexity index is 315. The summed E-state index contributed by atoms with van der Waals surface area (Å²) in [5.74, 6) is 0.740. The third-order valence-electron chi connectivity index (χ3n) is 1.70. The van der Waals surface area contributed by atoms with Crippen LogP contribution in [-0.4, -0.2) is 12.1 Å². The number of methoxy groups -OCH3 is 1. The molecule has 1 aromatic heterocycles. The fraction of sp³-hybridized carbons (Fsp3) is 0.333. The molecular weight excluding hydrogens is 152 g/mol. The summed E-state index contributed by atoms with van der Waals surface area (Å²) in [6.45, 7) is 1.87. The molecule has 0 aromatic carbocycles. The first-order chi connectivity index (χ1) is 5.79. The summed E-state index contributed by atoms with van der Waals surface area (Å²) in [5.41, 5.74) is 1.73. The van der Waals surface area contributed by atoms with Gasteiger partial charge in [-0.05, 0) is 13.0 Å². The Hall–Kier alpha value is -1.56. The molecule has 1 rings (SSSR count). The van der Waals surface area contributed by atoms with Crippen LogP contribution in [0.3, 0.4) is 0 Å². The topological polar surface area (TPSA) is 45.9 Å². The highest BCUT2D eigenvalue weighted by molar-refractivity contribution is 5.37. The number of aromatic nitrogens is 1. The molecule has 62 valence electrons. The van der Waals surface area contributed by atoms with Gasteiger partial charge in [0.05, 0.1) is 19.6 Å². The van der Waals surface area contributed by atoms with Gasteiger partial charge >= 0.3 is 0 Å². The van der Waals surface area contributed by atoms with Crippen molar-refractivity contribution in [2.24, 2.45) is 0 Å². The summed E-state index contributed by atoms with van der Waals surface area (Å²) in [4.78, 5) is 4.08. The van der Waals surface area contributed by atoms with Crippen molar-refractivity contribution in [3.8, 4) is 11.8 Å². The predicted molar refractivity (Wildman–Crippen MR) is 44.8 cm³/mol. The molecule has 1 aromatic rings. The highest BCUT2D eigenvalue weighted by atomic mass is 16.5. The lowest BCUT2D eigenvalue weighted by atomic mass is 10.1. The Labute approximate surface area is 71.6 Å². The van der Waals surface area contributed by atoms with Crippen molar-refractivity contribution in [3.05, 3.63) is 23.5 Å². The number of aryl methyl sites for hydroxylation is 1. The van der Waals surface area contributed by atoms with Crippen molar-refractivity contribution in [1.82, 2.24) is 4.98 Å².